The van der Waals surface area contributed by atoms with Crippen LogP contribution in [0.3, 0.4) is 0 Å². The lowest BCUT2D eigenvalue weighted by Crippen LogP contribution is -2.43. The third kappa shape index (κ3) is 2.87. The Labute approximate surface area is 85.2 Å². The van der Waals surface area contributed by atoms with E-state index in [0.29, 0.717) is 5.41 Å². The minimum Gasteiger partial charge on any atom is -0.341 e. The summed E-state index contributed by atoms with van der Waals surface area (Å²) in [7, 11) is 0. The Morgan fingerprint density at radius 1 is 1.38 bits per heavy atom. The van der Waals surface area contributed by atoms with Crippen LogP contribution in [-0.2, 0) is 4.79 Å². The molecular weight excluding hydrogens is 186 g/mol. The smallest absolute Gasteiger partial charge is 0.240 e. The summed E-state index contributed by atoms with van der Waals surface area (Å²) in [6.07, 6.45) is 2.17. The van der Waals surface area contributed by atoms with Gasteiger partial charge < -0.3 is 4.90 Å². The molecule has 1 aliphatic rings. The first-order valence-electron chi connectivity index (χ1n) is 4.85. The van der Waals surface area contributed by atoms with Gasteiger partial charge in [0.2, 0.25) is 5.91 Å². The van der Waals surface area contributed by atoms with Gasteiger partial charge in [-0.15, -0.1) is 11.6 Å². The molecule has 1 saturated heterocycles. The van der Waals surface area contributed by atoms with Crippen LogP contribution in [-0.4, -0.2) is 29.3 Å². The van der Waals surface area contributed by atoms with E-state index in [2.05, 4.69) is 13.8 Å². The van der Waals surface area contributed by atoms with Crippen LogP contribution in [0.5, 0.6) is 0 Å². The third-order valence-electron chi connectivity index (χ3n) is 2.77. The Morgan fingerprint density at radius 2 is 1.85 bits per heavy atom. The monoisotopic (exact) mass is 203 g/mol. The maximum Gasteiger partial charge on any atom is 0.240 e. The van der Waals surface area contributed by atoms with Gasteiger partial charge in [0, 0.05) is 13.1 Å². The molecule has 76 valence electrons. The average molecular weight is 204 g/mol. The summed E-state index contributed by atoms with van der Waals surface area (Å²) in [5.74, 6) is 0.0807. The summed E-state index contributed by atoms with van der Waals surface area (Å²) < 4.78 is 0. The number of nitrogens with zero attached hydrogens (tertiary/aromatic N) is 1. The highest BCUT2D eigenvalue weighted by Gasteiger charge is 2.28. The predicted octanol–water partition coefficient (Wildman–Crippen LogP) is 2.26. The van der Waals surface area contributed by atoms with Crippen LogP contribution in [0.25, 0.3) is 0 Å². The van der Waals surface area contributed by atoms with Crippen LogP contribution >= 0.6 is 11.6 Å². The van der Waals surface area contributed by atoms with E-state index >= 15 is 0 Å². The number of hydrogen-bond acceptors (Lipinski definition) is 1. The van der Waals surface area contributed by atoms with Gasteiger partial charge in [0.1, 0.15) is 5.38 Å². The highest BCUT2D eigenvalue weighted by atomic mass is 35.5. The highest BCUT2D eigenvalue weighted by molar-refractivity contribution is 6.30. The fourth-order valence-electron chi connectivity index (χ4n) is 1.58. The van der Waals surface area contributed by atoms with Crippen LogP contribution in [0.1, 0.15) is 33.6 Å². The van der Waals surface area contributed by atoms with E-state index in [1.54, 1.807) is 6.92 Å². The molecule has 0 saturated carbocycles. The Morgan fingerprint density at radius 3 is 2.23 bits per heavy atom. The van der Waals surface area contributed by atoms with Gasteiger partial charge in [-0.2, -0.15) is 0 Å². The van der Waals surface area contributed by atoms with Gasteiger partial charge in [-0.25, -0.2) is 0 Å². The van der Waals surface area contributed by atoms with Gasteiger partial charge in [0.25, 0.3) is 0 Å². The van der Waals surface area contributed by atoms with E-state index in [1.807, 2.05) is 4.90 Å². The van der Waals surface area contributed by atoms with E-state index in [0.717, 1.165) is 25.9 Å². The third-order valence-corrected chi connectivity index (χ3v) is 2.96. The summed E-state index contributed by atoms with van der Waals surface area (Å²) >= 11 is 5.74. The number of carbonyl (C=O) groups is 1. The van der Waals surface area contributed by atoms with E-state index in [9.17, 15) is 4.79 Å². The second kappa shape index (κ2) is 3.87. The number of likely N-dealkylation sites (tertiary alicyclic amines) is 1. The second-order valence-corrected chi connectivity index (χ2v) is 5.26. The molecule has 2 nitrogen and oxygen atoms in total. The maximum atomic E-state index is 11.5. The van der Waals surface area contributed by atoms with Crippen molar-refractivity contribution in [1.29, 1.82) is 0 Å². The molecule has 0 aromatic carbocycles. The molecule has 13 heavy (non-hydrogen) atoms. The lowest BCUT2D eigenvalue weighted by molar-refractivity contribution is -0.132. The zero-order chi connectivity index (χ0) is 10.1. The largest absolute Gasteiger partial charge is 0.341 e. The summed E-state index contributed by atoms with van der Waals surface area (Å²) in [4.78, 5) is 13.4. The van der Waals surface area contributed by atoms with Crippen molar-refractivity contribution in [2.45, 2.75) is 39.0 Å². The molecule has 1 unspecified atom stereocenters. The van der Waals surface area contributed by atoms with Crippen molar-refractivity contribution in [2.75, 3.05) is 13.1 Å². The van der Waals surface area contributed by atoms with Crippen molar-refractivity contribution in [3.8, 4) is 0 Å². The van der Waals surface area contributed by atoms with E-state index in [-0.39, 0.29) is 11.3 Å². The summed E-state index contributed by atoms with van der Waals surface area (Å²) in [6.45, 7) is 7.97. The van der Waals surface area contributed by atoms with Crippen molar-refractivity contribution >= 4 is 17.5 Å². The molecule has 3 heteroatoms. The molecule has 0 spiro atoms. The first kappa shape index (κ1) is 10.8. The number of rotatable bonds is 1. The Balaban J connectivity index is 2.46. The van der Waals surface area contributed by atoms with Gasteiger partial charge >= 0.3 is 0 Å². The van der Waals surface area contributed by atoms with Crippen LogP contribution in [0.2, 0.25) is 0 Å². The maximum absolute atomic E-state index is 11.5. The number of piperidine rings is 1. The topological polar surface area (TPSA) is 20.3 Å². The first-order valence-corrected chi connectivity index (χ1v) is 5.29. The van der Waals surface area contributed by atoms with Gasteiger partial charge in [-0.1, -0.05) is 13.8 Å². The highest BCUT2D eigenvalue weighted by Crippen LogP contribution is 2.29. The van der Waals surface area contributed by atoms with Crippen LogP contribution < -0.4 is 0 Å². The molecule has 1 aliphatic heterocycles. The van der Waals surface area contributed by atoms with Crippen LogP contribution in [0.4, 0.5) is 0 Å². The van der Waals surface area contributed by atoms with Crippen LogP contribution in [0, 0.1) is 5.41 Å². The zero-order valence-corrected chi connectivity index (χ0v) is 9.40. The molecule has 0 radical (unpaired) electrons. The van der Waals surface area contributed by atoms with Crippen molar-refractivity contribution < 1.29 is 4.79 Å². The molecular formula is C10H18ClNO. The number of halogens is 1. The Hall–Kier alpha value is -0.240. The van der Waals surface area contributed by atoms with E-state index < -0.39 is 0 Å². The summed E-state index contributed by atoms with van der Waals surface area (Å²) in [5, 5.41) is -0.374. The normalized spacial score (nSPS) is 24.2. The SMILES string of the molecule is CC(Cl)C(=O)N1CCC(C)(C)CC1. The minimum atomic E-state index is -0.374. The molecule has 0 aliphatic carbocycles. The molecule has 0 bridgehead atoms. The van der Waals surface area contributed by atoms with Crippen molar-refractivity contribution in [2.24, 2.45) is 5.41 Å². The molecule has 1 heterocycles. The lowest BCUT2D eigenvalue weighted by atomic mass is 9.82. The standard InChI is InChI=1S/C10H18ClNO/c1-8(11)9(13)12-6-4-10(2,3)5-7-12/h8H,4-7H2,1-3H3. The molecule has 1 fully saturated rings. The quantitative estimate of drug-likeness (QED) is 0.599. The number of amides is 1. The number of alkyl halides is 1. The first-order chi connectivity index (χ1) is 5.92. The minimum absolute atomic E-state index is 0.0807. The molecule has 0 aromatic rings. The second-order valence-electron chi connectivity index (χ2n) is 4.61. The van der Waals surface area contributed by atoms with Gasteiger partial charge in [-0.3, -0.25) is 4.79 Å². The van der Waals surface area contributed by atoms with Crippen LogP contribution in [0.15, 0.2) is 0 Å². The fourth-order valence-corrected chi connectivity index (χ4v) is 1.72. The van der Waals surface area contributed by atoms with Gasteiger partial charge in [0.15, 0.2) is 0 Å². The van der Waals surface area contributed by atoms with Crippen molar-refractivity contribution in [1.82, 2.24) is 4.90 Å². The zero-order valence-electron chi connectivity index (χ0n) is 8.64. The van der Waals surface area contributed by atoms with E-state index in [1.165, 1.54) is 0 Å². The van der Waals surface area contributed by atoms with Crippen molar-refractivity contribution in [3.05, 3.63) is 0 Å². The molecule has 0 aromatic heterocycles. The number of carbonyl (C=O) groups excluding carboxylic acids is 1. The van der Waals surface area contributed by atoms with Gasteiger partial charge in [0.05, 0.1) is 0 Å². The van der Waals surface area contributed by atoms with Crippen molar-refractivity contribution in [3.63, 3.8) is 0 Å². The van der Waals surface area contributed by atoms with E-state index in [4.69, 9.17) is 11.6 Å². The number of hydrogen-bond donors (Lipinski definition) is 0. The molecule has 0 N–H and O–H groups in total. The summed E-state index contributed by atoms with van der Waals surface area (Å²) in [5.41, 5.74) is 0.395. The Kier molecular flexibility index (Phi) is 3.23. The lowest BCUT2D eigenvalue weighted by Gasteiger charge is -2.37. The molecule has 1 amide bonds. The average Bonchev–Trinajstić information content (AvgIpc) is 2.03. The molecule has 1 rings (SSSR count). The molecule has 1 atom stereocenters. The van der Waals surface area contributed by atoms with Gasteiger partial charge in [-0.05, 0) is 25.2 Å². The summed E-state index contributed by atoms with van der Waals surface area (Å²) in [6, 6.07) is 0. The predicted molar refractivity (Wildman–Crippen MR) is 54.9 cm³/mol. The fraction of sp³-hybridized carbons (Fsp3) is 0.900. The Bertz CT molecular complexity index is 191.